The van der Waals surface area contributed by atoms with E-state index in [-0.39, 0.29) is 6.04 Å². The SMILES string of the molecule is COc1ccc(CN2CC=Cc3c(N[C@@H](C)c4cc5ccccc5nc4-c4ccccc4)ncnc32)cc1. The number of methoxy groups -OCH3 is 1. The summed E-state index contributed by atoms with van der Waals surface area (Å²) >= 11 is 0. The summed E-state index contributed by atoms with van der Waals surface area (Å²) in [7, 11) is 1.68. The lowest BCUT2D eigenvalue weighted by molar-refractivity contribution is 0.414. The van der Waals surface area contributed by atoms with E-state index in [0.717, 1.165) is 63.8 Å². The molecule has 3 heterocycles. The first-order valence-corrected chi connectivity index (χ1v) is 12.8. The summed E-state index contributed by atoms with van der Waals surface area (Å²) in [6.07, 6.45) is 5.93. The van der Waals surface area contributed by atoms with Crippen molar-refractivity contribution in [3.05, 3.63) is 114 Å². The minimum Gasteiger partial charge on any atom is -0.497 e. The number of nitrogens with one attached hydrogen (secondary N) is 1. The van der Waals surface area contributed by atoms with Crippen LogP contribution in [-0.4, -0.2) is 28.6 Å². The zero-order chi connectivity index (χ0) is 25.9. The molecule has 0 radical (unpaired) electrons. The smallest absolute Gasteiger partial charge is 0.142 e. The van der Waals surface area contributed by atoms with Crippen molar-refractivity contribution in [1.29, 1.82) is 0 Å². The maximum Gasteiger partial charge on any atom is 0.142 e. The van der Waals surface area contributed by atoms with Crippen LogP contribution >= 0.6 is 0 Å². The number of aromatic nitrogens is 3. The molecule has 0 fully saturated rings. The van der Waals surface area contributed by atoms with Crippen molar-refractivity contribution < 1.29 is 4.74 Å². The highest BCUT2D eigenvalue weighted by Crippen LogP contribution is 2.35. The van der Waals surface area contributed by atoms with Crippen LogP contribution in [0.3, 0.4) is 0 Å². The predicted octanol–water partition coefficient (Wildman–Crippen LogP) is 6.91. The Morgan fingerprint density at radius 1 is 0.947 bits per heavy atom. The van der Waals surface area contributed by atoms with Gasteiger partial charge in [0.2, 0.25) is 0 Å². The molecule has 0 spiro atoms. The van der Waals surface area contributed by atoms with E-state index in [1.54, 1.807) is 13.4 Å². The van der Waals surface area contributed by atoms with Gasteiger partial charge in [-0.15, -0.1) is 0 Å². The van der Waals surface area contributed by atoms with E-state index >= 15 is 0 Å². The molecular formula is C32H29N5O. The summed E-state index contributed by atoms with van der Waals surface area (Å²) in [4.78, 5) is 16.6. The molecule has 0 unspecified atom stereocenters. The lowest BCUT2D eigenvalue weighted by Gasteiger charge is -2.28. The van der Waals surface area contributed by atoms with Gasteiger partial charge in [0, 0.05) is 29.6 Å². The molecule has 0 saturated carbocycles. The molecular weight excluding hydrogens is 470 g/mol. The summed E-state index contributed by atoms with van der Waals surface area (Å²) in [5, 5.41) is 4.79. The summed E-state index contributed by atoms with van der Waals surface area (Å²) in [6.45, 7) is 3.70. The van der Waals surface area contributed by atoms with E-state index in [9.17, 15) is 0 Å². The van der Waals surface area contributed by atoms with Gasteiger partial charge in [-0.05, 0) is 42.8 Å². The Kier molecular flexibility index (Phi) is 6.44. The Balaban J connectivity index is 1.33. The standard InChI is InChI=1S/C32H29N5O/c1-22(28-19-25-11-6-7-13-29(25)36-30(28)24-9-4-3-5-10-24)35-31-27-12-8-18-37(32(27)34-21-33-31)20-23-14-16-26(38-2)17-15-23/h3-17,19,21-22H,18,20H2,1-2H3,(H,33,34,35)/t22-/m0/s1. The van der Waals surface area contributed by atoms with Crippen LogP contribution in [0.25, 0.3) is 28.2 Å². The van der Waals surface area contributed by atoms with Crippen LogP contribution < -0.4 is 15.0 Å². The zero-order valence-corrected chi connectivity index (χ0v) is 21.5. The van der Waals surface area contributed by atoms with Crippen molar-refractivity contribution in [1.82, 2.24) is 15.0 Å². The van der Waals surface area contributed by atoms with Crippen LogP contribution in [-0.2, 0) is 6.54 Å². The number of hydrogen-bond acceptors (Lipinski definition) is 6. The molecule has 1 aliphatic heterocycles. The van der Waals surface area contributed by atoms with Crippen molar-refractivity contribution in [2.45, 2.75) is 19.5 Å². The Hall–Kier alpha value is -4.71. The van der Waals surface area contributed by atoms with Crippen LogP contribution in [0.5, 0.6) is 5.75 Å². The quantitative estimate of drug-likeness (QED) is 0.263. The molecule has 5 aromatic rings. The zero-order valence-electron chi connectivity index (χ0n) is 21.5. The van der Waals surface area contributed by atoms with Gasteiger partial charge in [0.05, 0.1) is 29.9 Å². The van der Waals surface area contributed by atoms with E-state index in [2.05, 4.69) is 99.9 Å². The highest BCUT2D eigenvalue weighted by Gasteiger charge is 2.21. The number of fused-ring (bicyclic) bond motifs is 2. The molecule has 6 nitrogen and oxygen atoms in total. The summed E-state index contributed by atoms with van der Waals surface area (Å²) < 4.78 is 5.31. The Bertz CT molecular complexity index is 1600. The molecule has 0 bridgehead atoms. The molecule has 38 heavy (non-hydrogen) atoms. The minimum absolute atomic E-state index is 0.0355. The number of pyridine rings is 1. The van der Waals surface area contributed by atoms with E-state index in [1.807, 2.05) is 24.3 Å². The molecule has 2 aromatic heterocycles. The Morgan fingerprint density at radius 2 is 1.74 bits per heavy atom. The van der Waals surface area contributed by atoms with Crippen molar-refractivity contribution in [3.8, 4) is 17.0 Å². The van der Waals surface area contributed by atoms with Gasteiger partial charge in [0.25, 0.3) is 0 Å². The third kappa shape index (κ3) is 4.68. The van der Waals surface area contributed by atoms with Gasteiger partial charge in [0.15, 0.2) is 0 Å². The second-order valence-corrected chi connectivity index (χ2v) is 9.44. The molecule has 0 saturated heterocycles. The predicted molar refractivity (Wildman–Crippen MR) is 154 cm³/mol. The van der Waals surface area contributed by atoms with E-state index in [0.29, 0.717) is 0 Å². The fourth-order valence-corrected chi connectivity index (χ4v) is 4.95. The summed E-state index contributed by atoms with van der Waals surface area (Å²) in [6, 6.07) is 29.0. The van der Waals surface area contributed by atoms with Crippen molar-refractivity contribution in [2.24, 2.45) is 0 Å². The van der Waals surface area contributed by atoms with Gasteiger partial charge in [-0.2, -0.15) is 0 Å². The number of nitrogens with zero attached hydrogens (tertiary/aromatic N) is 4. The van der Waals surface area contributed by atoms with Gasteiger partial charge in [0.1, 0.15) is 23.7 Å². The second kappa shape index (κ2) is 10.3. The Morgan fingerprint density at radius 3 is 2.55 bits per heavy atom. The topological polar surface area (TPSA) is 63.2 Å². The fourth-order valence-electron chi connectivity index (χ4n) is 4.95. The molecule has 6 rings (SSSR count). The van der Waals surface area contributed by atoms with E-state index < -0.39 is 0 Å². The third-order valence-electron chi connectivity index (χ3n) is 6.93. The van der Waals surface area contributed by atoms with Crippen LogP contribution in [0.2, 0.25) is 0 Å². The van der Waals surface area contributed by atoms with Gasteiger partial charge < -0.3 is 15.0 Å². The maximum absolute atomic E-state index is 5.31. The molecule has 0 amide bonds. The highest BCUT2D eigenvalue weighted by atomic mass is 16.5. The van der Waals surface area contributed by atoms with Crippen molar-refractivity contribution in [3.63, 3.8) is 0 Å². The van der Waals surface area contributed by atoms with Crippen LogP contribution in [0.15, 0.2) is 97.3 Å². The first-order valence-electron chi connectivity index (χ1n) is 12.8. The number of benzene rings is 3. The van der Waals surface area contributed by atoms with Crippen LogP contribution in [0, 0.1) is 0 Å². The average Bonchev–Trinajstić information content (AvgIpc) is 2.98. The largest absolute Gasteiger partial charge is 0.497 e. The molecule has 0 aliphatic carbocycles. The normalized spacial score (nSPS) is 13.3. The first kappa shape index (κ1) is 23.7. The van der Waals surface area contributed by atoms with Gasteiger partial charge in [-0.1, -0.05) is 66.7 Å². The minimum atomic E-state index is -0.0355. The molecule has 3 aromatic carbocycles. The van der Waals surface area contributed by atoms with Crippen LogP contribution in [0.4, 0.5) is 11.6 Å². The van der Waals surface area contributed by atoms with Crippen LogP contribution in [0.1, 0.15) is 29.7 Å². The number of hydrogen-bond donors (Lipinski definition) is 1. The number of para-hydroxylation sites is 1. The van der Waals surface area contributed by atoms with Gasteiger partial charge in [-0.25, -0.2) is 15.0 Å². The number of ether oxygens (including phenoxy) is 1. The maximum atomic E-state index is 5.31. The molecule has 6 heteroatoms. The second-order valence-electron chi connectivity index (χ2n) is 9.44. The van der Waals surface area contributed by atoms with Crippen molar-refractivity contribution in [2.75, 3.05) is 23.9 Å². The molecule has 1 aliphatic rings. The molecule has 1 N–H and O–H groups in total. The highest BCUT2D eigenvalue weighted by molar-refractivity contribution is 5.84. The van der Waals surface area contributed by atoms with Gasteiger partial charge >= 0.3 is 0 Å². The Labute approximate surface area is 222 Å². The molecule has 188 valence electrons. The third-order valence-corrected chi connectivity index (χ3v) is 6.93. The van der Waals surface area contributed by atoms with E-state index in [1.165, 1.54) is 5.56 Å². The van der Waals surface area contributed by atoms with Crippen molar-refractivity contribution >= 4 is 28.6 Å². The lowest BCUT2D eigenvalue weighted by Crippen LogP contribution is -2.27. The number of rotatable bonds is 7. The molecule has 1 atom stereocenters. The number of anilines is 2. The lowest BCUT2D eigenvalue weighted by atomic mass is 9.98. The van der Waals surface area contributed by atoms with E-state index in [4.69, 9.17) is 9.72 Å². The summed E-state index contributed by atoms with van der Waals surface area (Å²) in [5.41, 5.74) is 6.37. The first-order chi connectivity index (χ1) is 18.7. The van der Waals surface area contributed by atoms with Gasteiger partial charge in [-0.3, -0.25) is 0 Å². The fraction of sp³-hybridized carbons (Fsp3) is 0.156. The average molecular weight is 500 g/mol. The monoisotopic (exact) mass is 499 g/mol. The summed E-state index contributed by atoms with van der Waals surface area (Å²) in [5.74, 6) is 2.59.